The number of carbonyl (C=O) groups excluding carboxylic acids is 1. The molecule has 2 aliphatic heterocycles. The van der Waals surface area contributed by atoms with E-state index in [-0.39, 0.29) is 85.0 Å². The van der Waals surface area contributed by atoms with Gasteiger partial charge in [0.1, 0.15) is 50.2 Å². The molecule has 11 N–H and O–H groups in total. The SMILES string of the molecule is Cc1ncc(CCCCNC(=O)c2cccc3c2-c2nc-3nc3[nH]c(nc4nc(nc5[nH]c(n2)c2ccc(S(=O)(=O)O)cc52)-c2cc(S(O)(O)O)ccc2-4)c2c3CC=C(S(O)(O)O)C2)[nH]1. The largest absolute Gasteiger partial charge is 0.352 e. The van der Waals surface area contributed by atoms with Crippen LogP contribution in [0.2, 0.25) is 0 Å². The Bertz CT molecular complexity index is 3480. The Morgan fingerprint density at radius 1 is 0.677 bits per heavy atom. The number of nitrogens with zero attached hydrogens (tertiary/aromatic N) is 7. The molecule has 0 spiro atoms. The van der Waals surface area contributed by atoms with Crippen LogP contribution in [0.1, 0.15) is 45.8 Å². The number of nitrogens with one attached hydrogen (secondary N) is 4. The van der Waals surface area contributed by atoms with E-state index in [2.05, 4.69) is 30.2 Å². The number of allylic oxidation sites excluding steroid dienone is 2. The summed E-state index contributed by atoms with van der Waals surface area (Å²) in [6, 6.07) is 12.9. The molecule has 1 amide bonds. The van der Waals surface area contributed by atoms with E-state index in [1.807, 2.05) is 6.92 Å². The fourth-order valence-electron chi connectivity index (χ4n) is 8.11. The third kappa shape index (κ3) is 7.94. The van der Waals surface area contributed by atoms with E-state index >= 15 is 0 Å². The quantitative estimate of drug-likeness (QED) is 0.0492. The second-order valence-electron chi connectivity index (χ2n) is 15.5. The second kappa shape index (κ2) is 15.6. The summed E-state index contributed by atoms with van der Waals surface area (Å²) < 4.78 is 96.4. The molecule has 1 aliphatic carbocycles. The van der Waals surface area contributed by atoms with Gasteiger partial charge >= 0.3 is 0 Å². The van der Waals surface area contributed by atoms with Crippen molar-refractivity contribution in [3.63, 3.8) is 0 Å². The zero-order valence-corrected chi connectivity index (χ0v) is 36.3. The zero-order valence-electron chi connectivity index (χ0n) is 33.8. The van der Waals surface area contributed by atoms with Gasteiger partial charge in [0.2, 0.25) is 0 Å². The van der Waals surface area contributed by atoms with Gasteiger partial charge in [-0.1, -0.05) is 18.2 Å². The smallest absolute Gasteiger partial charge is 0.294 e. The summed E-state index contributed by atoms with van der Waals surface area (Å²) >= 11 is 0. The molecule has 6 heterocycles. The van der Waals surface area contributed by atoms with Crippen LogP contribution < -0.4 is 5.32 Å². The van der Waals surface area contributed by atoms with Crippen molar-refractivity contribution in [2.24, 2.45) is 0 Å². The summed E-state index contributed by atoms with van der Waals surface area (Å²) in [5.41, 5.74) is 4.10. The molecule has 0 atom stereocenters. The van der Waals surface area contributed by atoms with Crippen molar-refractivity contribution >= 4 is 71.1 Å². The molecule has 0 unspecified atom stereocenters. The van der Waals surface area contributed by atoms with Crippen LogP contribution in [0.25, 0.3) is 78.9 Å². The molecular formula is C41H37N11O10S3. The number of unbranched alkanes of at least 4 members (excludes halogenated alkanes) is 1. The van der Waals surface area contributed by atoms with Gasteiger partial charge in [-0.05, 0) is 75.1 Å². The number of amides is 1. The molecule has 8 bridgehead atoms. The van der Waals surface area contributed by atoms with Crippen LogP contribution in [0.15, 0.2) is 81.6 Å². The number of fused-ring (bicyclic) bond motifs is 20. The maximum atomic E-state index is 14.0. The number of carbonyl (C=O) groups is 1. The minimum absolute atomic E-state index is 0.00481. The van der Waals surface area contributed by atoms with Crippen molar-refractivity contribution in [1.82, 2.24) is 55.2 Å². The molecule has 21 nitrogen and oxygen atoms in total. The predicted molar refractivity (Wildman–Crippen MR) is 242 cm³/mol. The molecule has 10 rings (SSSR count). The predicted octanol–water partition coefficient (Wildman–Crippen LogP) is 7.54. The molecule has 24 heteroatoms. The molecule has 0 saturated heterocycles. The van der Waals surface area contributed by atoms with Crippen LogP contribution in [0.3, 0.4) is 0 Å². The minimum Gasteiger partial charge on any atom is -0.352 e. The van der Waals surface area contributed by atoms with Gasteiger partial charge in [0.15, 0.2) is 23.3 Å². The molecule has 0 fully saturated rings. The Kier molecular flexibility index (Phi) is 10.2. The number of benzene rings is 3. The lowest BCUT2D eigenvalue weighted by molar-refractivity contribution is 0.0953. The lowest BCUT2D eigenvalue weighted by atomic mass is 10.0. The average Bonchev–Trinajstić information content (AvgIpc) is 4.07. The van der Waals surface area contributed by atoms with Gasteiger partial charge in [-0.3, -0.25) is 9.35 Å². The summed E-state index contributed by atoms with van der Waals surface area (Å²) in [6.45, 7) is 2.24. The number of H-pyrrole nitrogens is 3. The maximum absolute atomic E-state index is 14.0. The number of aromatic nitrogens is 10. The fourth-order valence-corrected chi connectivity index (χ4v) is 9.78. The highest BCUT2D eigenvalue weighted by Crippen LogP contribution is 2.49. The van der Waals surface area contributed by atoms with Crippen molar-refractivity contribution in [3.05, 3.63) is 100.0 Å². The van der Waals surface area contributed by atoms with Gasteiger partial charge in [0.25, 0.3) is 16.0 Å². The lowest BCUT2D eigenvalue weighted by Gasteiger charge is -2.25. The number of aryl methyl sites for hydroxylation is 2. The Morgan fingerprint density at radius 2 is 1.35 bits per heavy atom. The molecule has 3 aromatic carbocycles. The van der Waals surface area contributed by atoms with E-state index in [1.54, 1.807) is 24.4 Å². The van der Waals surface area contributed by atoms with Gasteiger partial charge in [-0.25, -0.2) is 34.9 Å². The first kappa shape index (κ1) is 42.5. The Morgan fingerprint density at radius 3 is 2.09 bits per heavy atom. The highest BCUT2D eigenvalue weighted by atomic mass is 32.3. The van der Waals surface area contributed by atoms with E-state index < -0.39 is 42.7 Å². The van der Waals surface area contributed by atoms with Gasteiger partial charge in [0, 0.05) is 73.9 Å². The van der Waals surface area contributed by atoms with Crippen molar-refractivity contribution in [3.8, 4) is 45.6 Å². The first-order chi connectivity index (χ1) is 30.9. The zero-order chi connectivity index (χ0) is 45.6. The second-order valence-corrected chi connectivity index (χ2v) is 20.0. The third-order valence-corrected chi connectivity index (χ3v) is 14.0. The Balaban J connectivity index is 1.22. The van der Waals surface area contributed by atoms with Gasteiger partial charge in [-0.15, -0.1) is 0 Å². The van der Waals surface area contributed by atoms with Crippen LogP contribution in [0.4, 0.5) is 0 Å². The van der Waals surface area contributed by atoms with E-state index in [1.165, 1.54) is 42.5 Å². The van der Waals surface area contributed by atoms with Crippen molar-refractivity contribution < 1.29 is 45.1 Å². The van der Waals surface area contributed by atoms with Crippen LogP contribution in [-0.2, 0) is 29.4 Å². The van der Waals surface area contributed by atoms with Crippen molar-refractivity contribution in [1.29, 1.82) is 0 Å². The van der Waals surface area contributed by atoms with Crippen LogP contribution in [0.5, 0.6) is 0 Å². The highest BCUT2D eigenvalue weighted by molar-refractivity contribution is 8.22. The average molecular weight is 940 g/mol. The van der Waals surface area contributed by atoms with Crippen molar-refractivity contribution in [2.45, 2.75) is 48.8 Å². The summed E-state index contributed by atoms with van der Waals surface area (Å²) in [6.07, 6.45) is 5.43. The normalized spacial score (nSPS) is 14.1. The highest BCUT2D eigenvalue weighted by Gasteiger charge is 2.31. The number of hydrogen-bond donors (Lipinski definition) is 11. The Labute approximate surface area is 370 Å². The standard InChI is InChI=1S/C41H37N11O10S3/c1-19-43-18-20(44-19)5-2-3-14-42-41(53)28-7-4-6-27-32(28)40-51-35-26-13-10-23(65(60,61)62)17-31(26)39(49-35)50-38-30-16-22(64(57,58)59)9-12-25(30)34(48-38)47-37-29-15-21(63(54,55)56)8-11-24(29)33(46-37)45-36(27)52-40/h4,6-10,12-13,16-18,54-59H,2-3,5,11,14-15H2,1H3,(H,42,53)(H,43,44)(H,60,61,62)(H2,45,46,47,48,49,50,51,52). The molecule has 65 heavy (non-hydrogen) atoms. The third-order valence-electron chi connectivity index (χ3n) is 11.2. The van der Waals surface area contributed by atoms with E-state index in [9.17, 15) is 45.1 Å². The van der Waals surface area contributed by atoms with Gasteiger partial charge in [0.05, 0.1) is 15.4 Å². The number of imidazole rings is 1. The maximum Gasteiger partial charge on any atom is 0.294 e. The molecule has 3 aliphatic rings. The van der Waals surface area contributed by atoms with Crippen LogP contribution in [0, 0.1) is 6.92 Å². The first-order valence-electron chi connectivity index (χ1n) is 19.8. The van der Waals surface area contributed by atoms with E-state index in [4.69, 9.17) is 24.9 Å². The Hall–Kier alpha value is -6.45. The number of hydrogen-bond acceptors (Lipinski definition) is 16. The monoisotopic (exact) mass is 939 g/mol. The number of aromatic amines is 3. The molecule has 4 aromatic heterocycles. The van der Waals surface area contributed by atoms with Gasteiger partial charge in [-0.2, -0.15) is 8.42 Å². The fraction of sp³-hybridized carbons (Fsp3) is 0.171. The molecular weight excluding hydrogens is 903 g/mol. The van der Waals surface area contributed by atoms with E-state index in [0.717, 1.165) is 24.4 Å². The molecule has 0 saturated carbocycles. The van der Waals surface area contributed by atoms with Gasteiger partial charge < -0.3 is 47.6 Å². The lowest BCUT2D eigenvalue weighted by Crippen LogP contribution is -2.25. The van der Waals surface area contributed by atoms with Crippen LogP contribution in [-0.4, -0.2) is 103 Å². The van der Waals surface area contributed by atoms with Crippen molar-refractivity contribution in [2.75, 3.05) is 6.54 Å². The van der Waals surface area contributed by atoms with E-state index in [0.29, 0.717) is 46.2 Å². The molecule has 0 radical (unpaired) electrons. The first-order valence-corrected chi connectivity index (χ1v) is 24.3. The molecule has 7 aromatic rings. The topological polar surface area (TPSA) is 342 Å². The summed E-state index contributed by atoms with van der Waals surface area (Å²) in [5.74, 6) is 0.594. The summed E-state index contributed by atoms with van der Waals surface area (Å²) in [4.78, 5) is 56.1. The minimum atomic E-state index is -4.72. The summed E-state index contributed by atoms with van der Waals surface area (Å²) in [7, 11) is -13.1. The molecule has 334 valence electrons. The number of rotatable bonds is 9. The van der Waals surface area contributed by atoms with Crippen LogP contribution >= 0.6 is 21.7 Å². The summed E-state index contributed by atoms with van der Waals surface area (Å²) in [5, 5.41) is 3.49.